The number of hydrogen-bond donors (Lipinski definition) is 0. The predicted molar refractivity (Wildman–Crippen MR) is 151 cm³/mol. The molecule has 19 nitrogen and oxygen atoms in total. The maximum atomic E-state index is 12.6. The molecule has 19 heteroatoms. The van der Waals surface area contributed by atoms with Crippen molar-refractivity contribution in [2.45, 2.75) is 72.1 Å². The monoisotopic (exact) mass is 657 g/mol. The summed E-state index contributed by atoms with van der Waals surface area (Å²) in [5, 5.41) is 17.0. The van der Waals surface area contributed by atoms with E-state index < -0.39 is 72.7 Å². The highest BCUT2D eigenvalue weighted by Gasteiger charge is 2.49. The Morgan fingerprint density at radius 2 is 1.49 bits per heavy atom. The first-order chi connectivity index (χ1) is 22.2. The van der Waals surface area contributed by atoms with Crippen molar-refractivity contribution in [2.24, 2.45) is 5.10 Å². The smallest absolute Gasteiger partial charge is 0.303 e. The molecule has 0 N–H and O–H groups in total. The fraction of sp³-hybridized carbons (Fsp3) is 0.464. The topological polar surface area (TPSA) is 228 Å². The Kier molecular flexibility index (Phi) is 10.6. The number of rotatable bonds is 13. The second-order valence-corrected chi connectivity index (χ2v) is 10.3. The average molecular weight is 658 g/mol. The van der Waals surface area contributed by atoms with Crippen LogP contribution in [0.25, 0.3) is 0 Å². The fourth-order valence-electron chi connectivity index (χ4n) is 4.77. The van der Waals surface area contributed by atoms with Crippen molar-refractivity contribution in [1.82, 2.24) is 30.1 Å². The summed E-state index contributed by atoms with van der Waals surface area (Å²) < 4.78 is 26.9. The molecule has 0 bridgehead atoms. The quantitative estimate of drug-likeness (QED) is 0.149. The van der Waals surface area contributed by atoms with Gasteiger partial charge < -0.3 is 23.7 Å². The third kappa shape index (κ3) is 8.30. The van der Waals surface area contributed by atoms with Crippen molar-refractivity contribution in [1.29, 1.82) is 0 Å². The van der Waals surface area contributed by atoms with Gasteiger partial charge in [0.15, 0.2) is 24.1 Å². The summed E-state index contributed by atoms with van der Waals surface area (Å²) >= 11 is 0. The van der Waals surface area contributed by atoms with E-state index in [0.717, 1.165) is 49.3 Å². The number of carbonyl (C=O) groups is 7. The van der Waals surface area contributed by atoms with E-state index in [9.17, 15) is 33.6 Å². The Hall–Kier alpha value is -5.75. The van der Waals surface area contributed by atoms with Gasteiger partial charge in [-0.1, -0.05) is 12.1 Å². The lowest BCUT2D eigenvalue weighted by atomic mass is 10.1. The summed E-state index contributed by atoms with van der Waals surface area (Å²) in [5.41, 5.74) is 0.618. The lowest BCUT2D eigenvalue weighted by Crippen LogP contribution is -2.56. The molecule has 0 spiro atoms. The molecule has 3 amide bonds. The van der Waals surface area contributed by atoms with Crippen molar-refractivity contribution in [3.8, 4) is 0 Å². The SMILES string of the molecule is CC(=O)OC[C@@H](OC(C)=O)[C@H](OC(C)=O)[C@@H](OC(C)=O)C1OC(Cn2nnc(CCN3C(=O)c4ccccc4C3=O)n2)=NN1C(C)=O. The second kappa shape index (κ2) is 14.6. The summed E-state index contributed by atoms with van der Waals surface area (Å²) in [5.74, 6) is -4.88. The summed E-state index contributed by atoms with van der Waals surface area (Å²) in [6.45, 7) is 4.49. The van der Waals surface area contributed by atoms with Gasteiger partial charge >= 0.3 is 23.9 Å². The molecule has 2 aliphatic heterocycles. The van der Waals surface area contributed by atoms with Crippen LogP contribution < -0.4 is 0 Å². The minimum atomic E-state index is -1.65. The largest absolute Gasteiger partial charge is 0.462 e. The van der Waals surface area contributed by atoms with Gasteiger partial charge in [0, 0.05) is 47.6 Å². The lowest BCUT2D eigenvalue weighted by molar-refractivity contribution is -0.205. The van der Waals surface area contributed by atoms with Gasteiger partial charge in [-0.2, -0.15) is 9.81 Å². The number of benzene rings is 1. The molecule has 0 fully saturated rings. The van der Waals surface area contributed by atoms with Gasteiger partial charge in [-0.25, -0.2) is 0 Å². The minimum absolute atomic E-state index is 0.00583. The first-order valence-corrected chi connectivity index (χ1v) is 14.2. The molecular formula is C28H31N7O12. The van der Waals surface area contributed by atoms with E-state index in [1.807, 2.05) is 0 Å². The van der Waals surface area contributed by atoms with Crippen LogP contribution in [0.15, 0.2) is 29.4 Å². The van der Waals surface area contributed by atoms with Gasteiger partial charge in [0.25, 0.3) is 11.8 Å². The summed E-state index contributed by atoms with van der Waals surface area (Å²) in [4.78, 5) is 87.8. The Labute approximate surface area is 266 Å². The Morgan fingerprint density at radius 3 is 2.04 bits per heavy atom. The zero-order valence-electron chi connectivity index (χ0n) is 26.0. The van der Waals surface area contributed by atoms with E-state index in [2.05, 4.69) is 20.5 Å². The zero-order valence-corrected chi connectivity index (χ0v) is 26.0. The number of nitrogens with zero attached hydrogens (tertiary/aromatic N) is 7. The number of carbonyl (C=O) groups excluding carboxylic acids is 7. The summed E-state index contributed by atoms with van der Waals surface area (Å²) in [6, 6.07) is 6.47. The van der Waals surface area contributed by atoms with Crippen molar-refractivity contribution < 1.29 is 57.2 Å². The van der Waals surface area contributed by atoms with Crippen LogP contribution >= 0.6 is 0 Å². The van der Waals surface area contributed by atoms with E-state index in [1.54, 1.807) is 24.3 Å². The van der Waals surface area contributed by atoms with E-state index in [0.29, 0.717) is 11.1 Å². The first-order valence-electron chi connectivity index (χ1n) is 14.2. The first kappa shape index (κ1) is 34.1. The minimum Gasteiger partial charge on any atom is -0.462 e. The van der Waals surface area contributed by atoms with Crippen LogP contribution in [0, 0.1) is 0 Å². The van der Waals surface area contributed by atoms with Crippen LogP contribution in [0.3, 0.4) is 0 Å². The number of tetrazole rings is 1. The van der Waals surface area contributed by atoms with E-state index in [-0.39, 0.29) is 31.2 Å². The molecule has 3 heterocycles. The molecule has 0 aliphatic carbocycles. The van der Waals surface area contributed by atoms with Gasteiger partial charge in [0.2, 0.25) is 18.0 Å². The summed E-state index contributed by atoms with van der Waals surface area (Å²) in [7, 11) is 0. The van der Waals surface area contributed by atoms with Crippen LogP contribution in [0.4, 0.5) is 0 Å². The molecule has 2 aromatic rings. The molecule has 250 valence electrons. The van der Waals surface area contributed by atoms with Gasteiger partial charge in [-0.15, -0.1) is 15.3 Å². The van der Waals surface area contributed by atoms with Crippen LogP contribution in [0.5, 0.6) is 0 Å². The zero-order chi connectivity index (χ0) is 34.4. The van der Waals surface area contributed by atoms with Crippen LogP contribution in [-0.2, 0) is 60.6 Å². The van der Waals surface area contributed by atoms with Gasteiger partial charge in [-0.05, 0) is 17.3 Å². The second-order valence-electron chi connectivity index (χ2n) is 10.3. The van der Waals surface area contributed by atoms with Crippen LogP contribution in [0.1, 0.15) is 61.2 Å². The number of fused-ring (bicyclic) bond motifs is 1. The van der Waals surface area contributed by atoms with Crippen LogP contribution in [-0.4, -0.2) is 115 Å². The third-order valence-corrected chi connectivity index (χ3v) is 6.59. The molecule has 1 unspecified atom stereocenters. The van der Waals surface area contributed by atoms with E-state index >= 15 is 0 Å². The van der Waals surface area contributed by atoms with Crippen LogP contribution in [0.2, 0.25) is 0 Å². The Morgan fingerprint density at radius 1 is 0.872 bits per heavy atom. The number of amides is 3. The number of hydrazone groups is 1. The number of imide groups is 1. The Balaban J connectivity index is 1.51. The van der Waals surface area contributed by atoms with Gasteiger partial charge in [0.05, 0.1) is 11.1 Å². The standard InChI is InChI=1S/C28H31N7O12/c1-14(36)35-28(25(46-18(5)40)24(45-17(4)39)21(44-16(3)38)13-43-15(2)37)47-23(31-35)12-34-30-22(29-32-34)10-11-33-26(41)19-8-6-7-9-20(19)27(33)42/h6-9,21,24-25,28H,10-13H2,1-5H3/t21-,24+,25-,28?/m1/s1. The van der Waals surface area contributed by atoms with E-state index in [1.165, 1.54) is 0 Å². The highest BCUT2D eigenvalue weighted by molar-refractivity contribution is 6.21. The molecule has 47 heavy (non-hydrogen) atoms. The molecule has 0 saturated heterocycles. The molecule has 1 aromatic heterocycles. The molecule has 2 aliphatic rings. The molecule has 0 radical (unpaired) electrons. The number of esters is 4. The average Bonchev–Trinajstić information content (AvgIpc) is 3.69. The van der Waals surface area contributed by atoms with Crippen molar-refractivity contribution in [2.75, 3.05) is 13.2 Å². The lowest BCUT2D eigenvalue weighted by Gasteiger charge is -2.35. The highest BCUT2D eigenvalue weighted by atomic mass is 16.6. The normalized spacial score (nSPS) is 17.2. The van der Waals surface area contributed by atoms with Crippen molar-refractivity contribution >= 4 is 47.5 Å². The Bertz CT molecular complexity index is 1590. The molecular weight excluding hydrogens is 626 g/mol. The third-order valence-electron chi connectivity index (χ3n) is 6.59. The van der Waals surface area contributed by atoms with Gasteiger partial charge in [0.1, 0.15) is 13.2 Å². The van der Waals surface area contributed by atoms with Crippen molar-refractivity contribution in [3.05, 3.63) is 41.2 Å². The van der Waals surface area contributed by atoms with Crippen molar-refractivity contribution in [3.63, 3.8) is 0 Å². The van der Waals surface area contributed by atoms with E-state index in [4.69, 9.17) is 23.7 Å². The molecule has 4 atom stereocenters. The highest BCUT2D eigenvalue weighted by Crippen LogP contribution is 2.26. The molecule has 1 aromatic carbocycles. The maximum absolute atomic E-state index is 12.6. The van der Waals surface area contributed by atoms with Gasteiger partial charge in [-0.3, -0.25) is 38.5 Å². The summed E-state index contributed by atoms with van der Waals surface area (Å²) in [6.07, 6.45) is -6.25. The predicted octanol–water partition coefficient (Wildman–Crippen LogP) is -0.612. The fourth-order valence-corrected chi connectivity index (χ4v) is 4.77. The number of ether oxygens (including phenoxy) is 5. The number of hydrogen-bond acceptors (Lipinski definition) is 16. The maximum Gasteiger partial charge on any atom is 0.303 e. The molecule has 4 rings (SSSR count). The number of aromatic nitrogens is 4. The molecule has 0 saturated carbocycles.